The second kappa shape index (κ2) is 6.99. The zero-order valence-corrected chi connectivity index (χ0v) is 13.0. The number of carbonyl (C=O) groups is 2. The second-order valence-corrected chi connectivity index (χ2v) is 6.32. The van der Waals surface area contributed by atoms with Crippen LogP contribution >= 0.6 is 27.7 Å². The number of rotatable bonds is 4. The number of halogens is 1. The van der Waals surface area contributed by atoms with Crippen molar-refractivity contribution in [3.8, 4) is 5.75 Å². The standard InChI is InChI=1S/C13H14BrNO4S/c14-9-1-3-10(4-2-9)19-7-12(16)15-5-6-20-8-11(15)13(17)18/h1-4,11H,5-8H2,(H,17,18). The first-order valence-corrected chi connectivity index (χ1v) is 8.01. The van der Waals surface area contributed by atoms with E-state index in [1.165, 1.54) is 4.90 Å². The lowest BCUT2D eigenvalue weighted by molar-refractivity contribution is -0.150. The number of ether oxygens (including phenoxy) is 1. The van der Waals surface area contributed by atoms with Crippen molar-refractivity contribution >= 4 is 39.6 Å². The van der Waals surface area contributed by atoms with Crippen molar-refractivity contribution in [2.45, 2.75) is 6.04 Å². The molecule has 108 valence electrons. The van der Waals surface area contributed by atoms with Gasteiger partial charge < -0.3 is 14.7 Å². The van der Waals surface area contributed by atoms with Gasteiger partial charge in [0.2, 0.25) is 0 Å². The summed E-state index contributed by atoms with van der Waals surface area (Å²) in [6, 6.07) is 6.38. The van der Waals surface area contributed by atoms with Gasteiger partial charge in [0.25, 0.3) is 5.91 Å². The van der Waals surface area contributed by atoms with Crippen LogP contribution in [0, 0.1) is 0 Å². The molecule has 1 unspecified atom stereocenters. The summed E-state index contributed by atoms with van der Waals surface area (Å²) in [7, 11) is 0. The number of aliphatic carboxylic acids is 1. The molecule has 0 spiro atoms. The molecule has 7 heteroatoms. The summed E-state index contributed by atoms with van der Waals surface area (Å²) in [5.41, 5.74) is 0. The van der Waals surface area contributed by atoms with Crippen LogP contribution in [0.3, 0.4) is 0 Å². The van der Waals surface area contributed by atoms with Crippen molar-refractivity contribution in [2.75, 3.05) is 24.7 Å². The second-order valence-electron chi connectivity index (χ2n) is 4.26. The number of hydrogen-bond donors (Lipinski definition) is 1. The van der Waals surface area contributed by atoms with Crippen molar-refractivity contribution < 1.29 is 19.4 Å². The number of benzene rings is 1. The van der Waals surface area contributed by atoms with Crippen LogP contribution in [0.1, 0.15) is 0 Å². The van der Waals surface area contributed by atoms with Gasteiger partial charge in [-0.05, 0) is 24.3 Å². The lowest BCUT2D eigenvalue weighted by Crippen LogP contribution is -2.51. The monoisotopic (exact) mass is 359 g/mol. The molecule has 1 fully saturated rings. The molecule has 1 saturated heterocycles. The van der Waals surface area contributed by atoms with Gasteiger partial charge in [0.05, 0.1) is 0 Å². The molecule has 0 radical (unpaired) electrons. The molecule has 1 aliphatic heterocycles. The van der Waals surface area contributed by atoms with Crippen molar-refractivity contribution in [3.63, 3.8) is 0 Å². The van der Waals surface area contributed by atoms with E-state index in [0.29, 0.717) is 18.0 Å². The molecule has 0 aromatic heterocycles. The summed E-state index contributed by atoms with van der Waals surface area (Å²) >= 11 is 4.86. The highest BCUT2D eigenvalue weighted by Gasteiger charge is 2.32. The summed E-state index contributed by atoms with van der Waals surface area (Å²) in [6.45, 7) is 0.306. The molecule has 0 aliphatic carbocycles. The Balaban J connectivity index is 1.93. The number of hydrogen-bond acceptors (Lipinski definition) is 4. The quantitative estimate of drug-likeness (QED) is 0.888. The van der Waals surface area contributed by atoms with Gasteiger partial charge in [-0.1, -0.05) is 15.9 Å². The van der Waals surface area contributed by atoms with Gasteiger partial charge in [-0.25, -0.2) is 4.79 Å². The van der Waals surface area contributed by atoms with E-state index in [-0.39, 0.29) is 12.5 Å². The fourth-order valence-corrected chi connectivity index (χ4v) is 3.17. The third kappa shape index (κ3) is 3.89. The topological polar surface area (TPSA) is 66.8 Å². The number of carboxylic acid groups (broad SMARTS) is 1. The molecule has 1 aromatic rings. The van der Waals surface area contributed by atoms with E-state index in [9.17, 15) is 9.59 Å². The molecule has 1 aliphatic rings. The predicted molar refractivity (Wildman–Crippen MR) is 80.1 cm³/mol. The molecular weight excluding hydrogens is 346 g/mol. The first kappa shape index (κ1) is 15.2. The summed E-state index contributed by atoms with van der Waals surface area (Å²) in [6.07, 6.45) is 0. The van der Waals surface area contributed by atoms with Crippen molar-refractivity contribution in [3.05, 3.63) is 28.7 Å². The largest absolute Gasteiger partial charge is 0.484 e. The normalized spacial score (nSPS) is 18.6. The van der Waals surface area contributed by atoms with E-state index in [0.717, 1.165) is 10.2 Å². The van der Waals surface area contributed by atoms with Crippen LogP contribution in [0.2, 0.25) is 0 Å². The van der Waals surface area contributed by atoms with E-state index in [1.807, 2.05) is 12.1 Å². The molecule has 1 amide bonds. The van der Waals surface area contributed by atoms with E-state index in [4.69, 9.17) is 9.84 Å². The molecule has 0 bridgehead atoms. The van der Waals surface area contributed by atoms with Gasteiger partial charge in [-0.15, -0.1) is 0 Å². The minimum atomic E-state index is -0.964. The highest BCUT2D eigenvalue weighted by molar-refractivity contribution is 9.10. The van der Waals surface area contributed by atoms with Crippen LogP contribution < -0.4 is 4.74 Å². The molecule has 5 nitrogen and oxygen atoms in total. The Morgan fingerprint density at radius 3 is 2.75 bits per heavy atom. The summed E-state index contributed by atoms with van der Waals surface area (Å²) in [4.78, 5) is 24.6. The Hall–Kier alpha value is -1.21. The average molecular weight is 360 g/mol. The van der Waals surface area contributed by atoms with Gasteiger partial charge in [0.15, 0.2) is 6.61 Å². The number of carbonyl (C=O) groups excluding carboxylic acids is 1. The highest BCUT2D eigenvalue weighted by atomic mass is 79.9. The van der Waals surface area contributed by atoms with Crippen LogP contribution in [0.5, 0.6) is 5.75 Å². The molecule has 1 atom stereocenters. The van der Waals surface area contributed by atoms with E-state index in [1.54, 1.807) is 23.9 Å². The molecular formula is C13H14BrNO4S. The fraction of sp³-hybridized carbons (Fsp3) is 0.385. The maximum Gasteiger partial charge on any atom is 0.327 e. The van der Waals surface area contributed by atoms with E-state index in [2.05, 4.69) is 15.9 Å². The zero-order valence-electron chi connectivity index (χ0n) is 10.6. The zero-order chi connectivity index (χ0) is 14.5. The Morgan fingerprint density at radius 1 is 1.40 bits per heavy atom. The molecule has 0 saturated carbocycles. The lowest BCUT2D eigenvalue weighted by Gasteiger charge is -2.32. The van der Waals surface area contributed by atoms with Gasteiger partial charge in [-0.3, -0.25) is 4.79 Å². The average Bonchev–Trinajstić information content (AvgIpc) is 2.46. The van der Waals surface area contributed by atoms with Gasteiger partial charge in [-0.2, -0.15) is 11.8 Å². The Bertz CT molecular complexity index is 494. The van der Waals surface area contributed by atoms with Crippen molar-refractivity contribution in [2.24, 2.45) is 0 Å². The lowest BCUT2D eigenvalue weighted by atomic mass is 10.2. The van der Waals surface area contributed by atoms with Gasteiger partial charge >= 0.3 is 5.97 Å². The summed E-state index contributed by atoms with van der Waals surface area (Å²) in [5, 5.41) is 9.12. The smallest absolute Gasteiger partial charge is 0.327 e. The molecule has 2 rings (SSSR count). The maximum absolute atomic E-state index is 12.1. The number of nitrogens with zero attached hydrogens (tertiary/aromatic N) is 1. The van der Waals surface area contributed by atoms with Crippen LogP contribution in [-0.4, -0.2) is 52.6 Å². The Kier molecular flexibility index (Phi) is 5.31. The summed E-state index contributed by atoms with van der Waals surface area (Å²) in [5.74, 6) is 0.516. The third-order valence-electron chi connectivity index (χ3n) is 2.91. The third-order valence-corrected chi connectivity index (χ3v) is 4.46. The maximum atomic E-state index is 12.1. The predicted octanol–water partition coefficient (Wildman–Crippen LogP) is 1.86. The van der Waals surface area contributed by atoms with Crippen LogP contribution in [0.4, 0.5) is 0 Å². The fourth-order valence-electron chi connectivity index (χ4n) is 1.87. The first-order chi connectivity index (χ1) is 9.58. The molecule has 20 heavy (non-hydrogen) atoms. The van der Waals surface area contributed by atoms with Crippen molar-refractivity contribution in [1.82, 2.24) is 4.90 Å². The highest BCUT2D eigenvalue weighted by Crippen LogP contribution is 2.18. The summed E-state index contributed by atoms with van der Waals surface area (Å²) < 4.78 is 6.32. The number of amides is 1. The van der Waals surface area contributed by atoms with E-state index >= 15 is 0 Å². The number of carboxylic acids is 1. The van der Waals surface area contributed by atoms with Gasteiger partial charge in [0, 0.05) is 22.5 Å². The Morgan fingerprint density at radius 2 is 2.10 bits per heavy atom. The molecule has 1 aromatic carbocycles. The van der Waals surface area contributed by atoms with Crippen LogP contribution in [-0.2, 0) is 9.59 Å². The van der Waals surface area contributed by atoms with Crippen LogP contribution in [0.25, 0.3) is 0 Å². The van der Waals surface area contributed by atoms with Gasteiger partial charge in [0.1, 0.15) is 11.8 Å². The number of thioether (sulfide) groups is 1. The van der Waals surface area contributed by atoms with Crippen LogP contribution in [0.15, 0.2) is 28.7 Å². The SMILES string of the molecule is O=C(O)C1CSCCN1C(=O)COc1ccc(Br)cc1. The Labute approximate surface area is 129 Å². The molecule has 1 N–H and O–H groups in total. The molecule has 1 heterocycles. The van der Waals surface area contributed by atoms with Crippen molar-refractivity contribution in [1.29, 1.82) is 0 Å². The van der Waals surface area contributed by atoms with E-state index < -0.39 is 12.0 Å². The minimum Gasteiger partial charge on any atom is -0.484 e. The first-order valence-electron chi connectivity index (χ1n) is 6.06. The minimum absolute atomic E-state index is 0.143.